The largest absolute Gasteiger partial charge is 0.328 e. The molecule has 0 aromatic heterocycles. The van der Waals surface area contributed by atoms with Gasteiger partial charge < -0.3 is 0 Å². The summed E-state index contributed by atoms with van der Waals surface area (Å²) in [5, 5.41) is 2.84. The zero-order valence-electron chi connectivity index (χ0n) is 8.17. The van der Waals surface area contributed by atoms with Crippen molar-refractivity contribution in [3.8, 4) is 0 Å². The second-order valence-corrected chi connectivity index (χ2v) is 4.61. The van der Waals surface area contributed by atoms with Crippen LogP contribution in [0.15, 0.2) is 22.7 Å². The summed E-state index contributed by atoms with van der Waals surface area (Å²) in [6.45, 7) is 0.388. The van der Waals surface area contributed by atoms with E-state index < -0.39 is 6.03 Å². The average molecular weight is 304 g/mol. The Hall–Kier alpha value is -1.07. The van der Waals surface area contributed by atoms with E-state index in [1.165, 1.54) is 4.90 Å². The van der Waals surface area contributed by atoms with Gasteiger partial charge in [0, 0.05) is 23.1 Å². The SMILES string of the molecule is O=C1CCN(c2ccc(Cl)c(Br)c2)C(=O)N1. The fraction of sp³-hybridized carbons (Fsp3) is 0.200. The molecule has 1 heterocycles. The lowest BCUT2D eigenvalue weighted by Gasteiger charge is -2.26. The summed E-state index contributed by atoms with van der Waals surface area (Å²) >= 11 is 9.15. The monoisotopic (exact) mass is 302 g/mol. The summed E-state index contributed by atoms with van der Waals surface area (Å²) < 4.78 is 0.719. The minimum atomic E-state index is -0.398. The van der Waals surface area contributed by atoms with Crippen molar-refractivity contribution < 1.29 is 9.59 Å². The third-order valence-electron chi connectivity index (χ3n) is 2.27. The number of anilines is 1. The normalized spacial score (nSPS) is 16.2. The van der Waals surface area contributed by atoms with E-state index in [1.807, 2.05) is 0 Å². The molecule has 4 nitrogen and oxygen atoms in total. The highest BCUT2D eigenvalue weighted by Crippen LogP contribution is 2.28. The number of benzene rings is 1. The number of halogens is 2. The van der Waals surface area contributed by atoms with E-state index in [0.717, 1.165) is 4.47 Å². The Bertz CT molecular complexity index is 464. The molecule has 0 radical (unpaired) electrons. The summed E-state index contributed by atoms with van der Waals surface area (Å²) in [6, 6.07) is 4.79. The molecule has 1 saturated heterocycles. The smallest absolute Gasteiger partial charge is 0.294 e. The summed E-state index contributed by atoms with van der Waals surface area (Å²) in [5.74, 6) is -0.241. The third kappa shape index (κ3) is 2.20. The van der Waals surface area contributed by atoms with Crippen molar-refractivity contribution in [1.29, 1.82) is 0 Å². The Labute approximate surface area is 106 Å². The molecular formula is C10H8BrClN2O2. The Balaban J connectivity index is 2.27. The molecule has 1 fully saturated rings. The van der Waals surface area contributed by atoms with Crippen LogP contribution in [0.3, 0.4) is 0 Å². The van der Waals surface area contributed by atoms with Gasteiger partial charge in [-0.1, -0.05) is 11.6 Å². The minimum Gasteiger partial charge on any atom is -0.294 e. The molecule has 0 bridgehead atoms. The Morgan fingerprint density at radius 1 is 1.38 bits per heavy atom. The van der Waals surface area contributed by atoms with Gasteiger partial charge in [-0.3, -0.25) is 15.0 Å². The van der Waals surface area contributed by atoms with E-state index in [9.17, 15) is 9.59 Å². The van der Waals surface area contributed by atoms with Crippen molar-refractivity contribution >= 4 is 45.2 Å². The zero-order valence-corrected chi connectivity index (χ0v) is 10.5. The highest BCUT2D eigenvalue weighted by atomic mass is 79.9. The van der Waals surface area contributed by atoms with Crippen LogP contribution in [0.25, 0.3) is 0 Å². The fourth-order valence-electron chi connectivity index (χ4n) is 1.46. The summed E-state index contributed by atoms with van der Waals surface area (Å²) in [5.41, 5.74) is 0.710. The van der Waals surface area contributed by atoms with Gasteiger partial charge in [-0.2, -0.15) is 0 Å². The van der Waals surface area contributed by atoms with Gasteiger partial charge >= 0.3 is 6.03 Å². The van der Waals surface area contributed by atoms with Gasteiger partial charge in [0.25, 0.3) is 0 Å². The van der Waals surface area contributed by atoms with Gasteiger partial charge in [-0.05, 0) is 34.1 Å². The van der Waals surface area contributed by atoms with E-state index in [2.05, 4.69) is 21.2 Å². The molecule has 0 unspecified atom stereocenters. The summed E-state index contributed by atoms with van der Waals surface area (Å²) in [6.07, 6.45) is 0.311. The molecular weight excluding hydrogens is 295 g/mol. The first-order valence-electron chi connectivity index (χ1n) is 4.64. The number of imide groups is 1. The van der Waals surface area contributed by atoms with Crippen LogP contribution in [-0.4, -0.2) is 18.5 Å². The average Bonchev–Trinajstić information content (AvgIpc) is 2.22. The van der Waals surface area contributed by atoms with Crippen LogP contribution in [-0.2, 0) is 4.79 Å². The first kappa shape index (κ1) is 11.4. The zero-order chi connectivity index (χ0) is 11.7. The lowest BCUT2D eigenvalue weighted by atomic mass is 10.2. The topological polar surface area (TPSA) is 49.4 Å². The molecule has 6 heteroatoms. The van der Waals surface area contributed by atoms with Crippen molar-refractivity contribution in [3.05, 3.63) is 27.7 Å². The molecule has 0 aliphatic carbocycles. The predicted octanol–water partition coefficient (Wildman–Crippen LogP) is 2.55. The maximum Gasteiger partial charge on any atom is 0.328 e. The van der Waals surface area contributed by atoms with Gasteiger partial charge in [-0.25, -0.2) is 4.79 Å². The van der Waals surface area contributed by atoms with E-state index in [4.69, 9.17) is 11.6 Å². The molecule has 2 rings (SSSR count). The molecule has 84 valence electrons. The predicted molar refractivity (Wildman–Crippen MR) is 64.7 cm³/mol. The van der Waals surface area contributed by atoms with Crippen LogP contribution in [0.4, 0.5) is 10.5 Å². The van der Waals surface area contributed by atoms with E-state index in [-0.39, 0.29) is 5.91 Å². The molecule has 0 spiro atoms. The van der Waals surface area contributed by atoms with Gasteiger partial charge in [0.15, 0.2) is 0 Å². The van der Waals surface area contributed by atoms with Crippen LogP contribution in [0.1, 0.15) is 6.42 Å². The number of amides is 3. The molecule has 1 aliphatic heterocycles. The van der Waals surface area contributed by atoms with Crippen LogP contribution in [0.5, 0.6) is 0 Å². The number of rotatable bonds is 1. The van der Waals surface area contributed by atoms with Gasteiger partial charge in [0.05, 0.1) is 5.02 Å². The number of carbonyl (C=O) groups is 2. The van der Waals surface area contributed by atoms with Crippen LogP contribution in [0, 0.1) is 0 Å². The number of carbonyl (C=O) groups excluding carboxylic acids is 2. The number of nitrogens with zero attached hydrogens (tertiary/aromatic N) is 1. The van der Waals surface area contributed by atoms with E-state index in [1.54, 1.807) is 18.2 Å². The van der Waals surface area contributed by atoms with Crippen LogP contribution in [0.2, 0.25) is 5.02 Å². The molecule has 0 saturated carbocycles. The standard InChI is InChI=1S/C10H8BrClN2O2/c11-7-5-6(1-2-8(7)12)14-4-3-9(15)13-10(14)16/h1-2,5H,3-4H2,(H,13,15,16). The Morgan fingerprint density at radius 2 is 2.12 bits per heavy atom. The van der Waals surface area contributed by atoms with Crippen molar-refractivity contribution in [1.82, 2.24) is 5.32 Å². The van der Waals surface area contributed by atoms with Gasteiger partial charge in [-0.15, -0.1) is 0 Å². The molecule has 1 N–H and O–H groups in total. The molecule has 0 atom stereocenters. The van der Waals surface area contributed by atoms with Crippen molar-refractivity contribution in [3.63, 3.8) is 0 Å². The molecule has 3 amide bonds. The summed E-state index contributed by atoms with van der Waals surface area (Å²) in [4.78, 5) is 24.0. The second-order valence-electron chi connectivity index (χ2n) is 3.35. The maximum atomic E-state index is 11.5. The molecule has 1 aromatic rings. The number of nitrogens with one attached hydrogen (secondary N) is 1. The van der Waals surface area contributed by atoms with E-state index >= 15 is 0 Å². The highest BCUT2D eigenvalue weighted by molar-refractivity contribution is 9.10. The number of hydrogen-bond donors (Lipinski definition) is 1. The Morgan fingerprint density at radius 3 is 2.75 bits per heavy atom. The lowest BCUT2D eigenvalue weighted by molar-refractivity contribution is -0.120. The summed E-state index contributed by atoms with van der Waals surface area (Å²) in [7, 11) is 0. The second kappa shape index (κ2) is 4.43. The van der Waals surface area contributed by atoms with Crippen LogP contribution >= 0.6 is 27.5 Å². The van der Waals surface area contributed by atoms with Gasteiger partial charge in [0.2, 0.25) is 5.91 Å². The minimum absolute atomic E-state index is 0.241. The molecule has 1 aromatic carbocycles. The van der Waals surface area contributed by atoms with Crippen molar-refractivity contribution in [2.24, 2.45) is 0 Å². The molecule has 16 heavy (non-hydrogen) atoms. The first-order valence-corrected chi connectivity index (χ1v) is 5.81. The lowest BCUT2D eigenvalue weighted by Crippen LogP contribution is -2.49. The van der Waals surface area contributed by atoms with E-state index in [0.29, 0.717) is 23.7 Å². The van der Waals surface area contributed by atoms with Gasteiger partial charge in [0.1, 0.15) is 0 Å². The fourth-order valence-corrected chi connectivity index (χ4v) is 1.95. The maximum absolute atomic E-state index is 11.5. The molecule has 1 aliphatic rings. The number of urea groups is 1. The van der Waals surface area contributed by atoms with Crippen molar-refractivity contribution in [2.75, 3.05) is 11.4 Å². The highest BCUT2D eigenvalue weighted by Gasteiger charge is 2.24. The number of hydrogen-bond acceptors (Lipinski definition) is 2. The third-order valence-corrected chi connectivity index (χ3v) is 3.48. The first-order chi connectivity index (χ1) is 7.58. The quantitative estimate of drug-likeness (QED) is 0.867. The van der Waals surface area contributed by atoms with Crippen LogP contribution < -0.4 is 10.2 Å². The van der Waals surface area contributed by atoms with Crippen molar-refractivity contribution in [2.45, 2.75) is 6.42 Å². The Kier molecular flexibility index (Phi) is 3.16.